The Morgan fingerprint density at radius 1 is 0.743 bits per heavy atom. The maximum absolute atomic E-state index is 11.4. The van der Waals surface area contributed by atoms with E-state index in [2.05, 4.69) is 53.2 Å². The van der Waals surface area contributed by atoms with Gasteiger partial charge in [-0.2, -0.15) is 0 Å². The molecule has 0 bridgehead atoms. The minimum atomic E-state index is -1.09. The van der Waals surface area contributed by atoms with E-state index in [0.29, 0.717) is 5.69 Å². The van der Waals surface area contributed by atoms with Crippen LogP contribution in [0.4, 0.5) is 11.4 Å². The molecule has 0 aliphatic carbocycles. The van der Waals surface area contributed by atoms with Gasteiger partial charge in [-0.15, -0.1) is 0 Å². The van der Waals surface area contributed by atoms with Gasteiger partial charge in [0.15, 0.2) is 0 Å². The topological polar surface area (TPSA) is 125 Å². The summed E-state index contributed by atoms with van der Waals surface area (Å²) in [4.78, 5) is 42.0. The Labute approximate surface area is 212 Å². The maximum Gasteiger partial charge on any atom is 0.396 e. The van der Waals surface area contributed by atoms with Crippen LogP contribution in [0.3, 0.4) is 0 Å². The van der Waals surface area contributed by atoms with Crippen molar-refractivity contribution in [3.8, 4) is 0 Å². The van der Waals surface area contributed by atoms with Crippen molar-refractivity contribution in [2.45, 2.75) is 52.4 Å². The summed E-state index contributed by atoms with van der Waals surface area (Å²) in [6.45, 7) is 12.6. The van der Waals surface area contributed by atoms with Crippen molar-refractivity contribution in [1.29, 1.82) is 0 Å². The van der Waals surface area contributed by atoms with Gasteiger partial charge >= 0.3 is 23.1 Å². The van der Waals surface area contributed by atoms with Crippen LogP contribution in [-0.2, 0) is 39.5 Å². The molecule has 0 atom stereocenters. The van der Waals surface area contributed by atoms with Gasteiger partial charge in [-0.3, -0.25) is 9.59 Å². The lowest BCUT2D eigenvalue weighted by Crippen LogP contribution is -2.26. The van der Waals surface area contributed by atoms with Crippen LogP contribution in [0.25, 0.3) is 0 Å². The van der Waals surface area contributed by atoms with Crippen molar-refractivity contribution in [2.75, 3.05) is 25.3 Å². The zero-order chi connectivity index (χ0) is 27.4. The Hall–Kier alpha value is -3.39. The number of benzene rings is 2. The number of nitrogens with one attached hydrogen (secondary N) is 1. The molecule has 192 valence electrons. The van der Waals surface area contributed by atoms with Crippen molar-refractivity contribution in [2.24, 2.45) is 0 Å². The number of carbonyl (C=O) groups excluding carboxylic acids is 4. The van der Waals surface area contributed by atoms with E-state index < -0.39 is 23.1 Å². The zero-order valence-corrected chi connectivity index (χ0v) is 22.3. The number of nitrogen functional groups attached to an aromatic ring is 1. The van der Waals surface area contributed by atoms with E-state index in [1.54, 1.807) is 6.07 Å². The fourth-order valence-corrected chi connectivity index (χ4v) is 2.85. The van der Waals surface area contributed by atoms with Crippen LogP contribution in [0.2, 0.25) is 0 Å². The van der Waals surface area contributed by atoms with Gasteiger partial charge in [0.05, 0.1) is 14.2 Å². The number of halogens is 1. The molecule has 1 amide bonds. The standard InChI is InChI=1S/C13H17NO3.C10H15N.C3H3ClO3/c1-13(2,3)9-7-5-6-8-10(9)14-11(15)12(16)17-4;1-10(2,3)8-6-4-5-7-9(8)11;1-7-3(6)2(4)5/h5-8H,1-4H3,(H,14,15);4-7H,11H2,1-3H3;1H3. The van der Waals surface area contributed by atoms with E-state index in [0.717, 1.165) is 18.4 Å². The summed E-state index contributed by atoms with van der Waals surface area (Å²) in [5.74, 6) is -2.68. The van der Waals surface area contributed by atoms with Gasteiger partial charge in [0.2, 0.25) is 0 Å². The normalized spacial score (nSPS) is 10.4. The summed E-state index contributed by atoms with van der Waals surface area (Å²) in [5, 5.41) is 1.46. The fourth-order valence-electron chi connectivity index (χ4n) is 2.77. The average molecular weight is 507 g/mol. The van der Waals surface area contributed by atoms with Crippen molar-refractivity contribution >= 4 is 46.1 Å². The predicted octanol–water partition coefficient (Wildman–Crippen LogP) is 4.59. The number of esters is 2. The van der Waals surface area contributed by atoms with Gasteiger partial charge in [-0.05, 0) is 45.7 Å². The number of rotatable bonds is 2. The highest BCUT2D eigenvalue weighted by molar-refractivity contribution is 6.80. The van der Waals surface area contributed by atoms with Crippen LogP contribution in [0.15, 0.2) is 48.5 Å². The molecule has 8 nitrogen and oxygen atoms in total. The van der Waals surface area contributed by atoms with E-state index in [1.165, 1.54) is 12.7 Å². The third kappa shape index (κ3) is 11.5. The van der Waals surface area contributed by atoms with Gasteiger partial charge in [0.25, 0.3) is 0 Å². The zero-order valence-electron chi connectivity index (χ0n) is 21.5. The van der Waals surface area contributed by atoms with Crippen LogP contribution < -0.4 is 11.1 Å². The van der Waals surface area contributed by atoms with E-state index >= 15 is 0 Å². The predicted molar refractivity (Wildman–Crippen MR) is 138 cm³/mol. The maximum atomic E-state index is 11.4. The molecule has 0 fully saturated rings. The van der Waals surface area contributed by atoms with Crippen LogP contribution in [0.1, 0.15) is 52.7 Å². The average Bonchev–Trinajstić information content (AvgIpc) is 2.77. The number of para-hydroxylation sites is 2. The lowest BCUT2D eigenvalue weighted by atomic mass is 9.86. The molecule has 2 rings (SSSR count). The van der Waals surface area contributed by atoms with Crippen LogP contribution >= 0.6 is 11.6 Å². The summed E-state index contributed by atoms with van der Waals surface area (Å²) < 4.78 is 8.25. The molecular weight excluding hydrogens is 472 g/mol. The summed E-state index contributed by atoms with van der Waals surface area (Å²) in [5.41, 5.74) is 9.57. The van der Waals surface area contributed by atoms with E-state index in [-0.39, 0.29) is 10.8 Å². The number of anilines is 2. The molecule has 0 spiro atoms. The van der Waals surface area contributed by atoms with Crippen LogP contribution in [0, 0.1) is 0 Å². The van der Waals surface area contributed by atoms with Crippen molar-refractivity contribution in [3.63, 3.8) is 0 Å². The molecule has 2 aromatic rings. The van der Waals surface area contributed by atoms with Crippen molar-refractivity contribution < 1.29 is 28.7 Å². The Morgan fingerprint density at radius 3 is 1.51 bits per heavy atom. The van der Waals surface area contributed by atoms with Gasteiger partial charge in [-0.1, -0.05) is 77.9 Å². The summed E-state index contributed by atoms with van der Waals surface area (Å²) in [7, 11) is 2.26. The molecule has 0 aliphatic rings. The molecular formula is C26H35ClN2O6. The number of methoxy groups -OCH3 is 2. The molecule has 3 N–H and O–H groups in total. The molecule has 9 heteroatoms. The first-order valence-corrected chi connectivity index (χ1v) is 11.1. The smallest absolute Gasteiger partial charge is 0.396 e. The summed E-state index contributed by atoms with van der Waals surface area (Å²) in [6.07, 6.45) is 0. The van der Waals surface area contributed by atoms with E-state index in [1.807, 2.05) is 57.2 Å². The lowest BCUT2D eigenvalue weighted by molar-refractivity contribution is -0.150. The SMILES string of the molecule is CC(C)(C)c1ccccc1N.COC(=O)C(=O)Cl.COC(=O)C(=O)Nc1ccccc1C(C)(C)C. The first-order chi connectivity index (χ1) is 16.1. The van der Waals surface area contributed by atoms with Gasteiger partial charge < -0.3 is 20.5 Å². The van der Waals surface area contributed by atoms with E-state index in [9.17, 15) is 19.2 Å². The Balaban J connectivity index is 0.000000550. The lowest BCUT2D eigenvalue weighted by Gasteiger charge is -2.22. The molecule has 2 aromatic carbocycles. The monoisotopic (exact) mass is 506 g/mol. The number of amides is 1. The van der Waals surface area contributed by atoms with Crippen LogP contribution in [-0.4, -0.2) is 37.3 Å². The molecule has 0 aliphatic heterocycles. The molecule has 0 aromatic heterocycles. The highest BCUT2D eigenvalue weighted by atomic mass is 35.5. The molecule has 0 unspecified atom stereocenters. The number of hydrogen-bond acceptors (Lipinski definition) is 7. The Morgan fingerprint density at radius 2 is 1.17 bits per heavy atom. The summed E-state index contributed by atoms with van der Waals surface area (Å²) >= 11 is 4.61. The number of carbonyl (C=O) groups is 4. The Bertz CT molecular complexity index is 1020. The second kappa shape index (κ2) is 14.1. The third-order valence-electron chi connectivity index (χ3n) is 4.47. The van der Waals surface area contributed by atoms with Gasteiger partial charge in [-0.25, -0.2) is 9.59 Å². The summed E-state index contributed by atoms with van der Waals surface area (Å²) in [6, 6.07) is 15.4. The second-order valence-corrected chi connectivity index (χ2v) is 9.69. The number of ether oxygens (including phenoxy) is 2. The largest absolute Gasteiger partial charge is 0.462 e. The quantitative estimate of drug-likeness (QED) is 0.264. The highest BCUT2D eigenvalue weighted by Crippen LogP contribution is 2.29. The minimum Gasteiger partial charge on any atom is -0.462 e. The highest BCUT2D eigenvalue weighted by Gasteiger charge is 2.21. The van der Waals surface area contributed by atoms with Gasteiger partial charge in [0, 0.05) is 11.4 Å². The number of hydrogen-bond donors (Lipinski definition) is 2. The van der Waals surface area contributed by atoms with E-state index in [4.69, 9.17) is 5.73 Å². The second-order valence-electron chi connectivity index (χ2n) is 9.34. The molecule has 0 heterocycles. The first-order valence-electron chi connectivity index (χ1n) is 10.7. The molecule has 0 saturated carbocycles. The Kier molecular flexibility index (Phi) is 12.7. The number of nitrogens with two attached hydrogens (primary N) is 1. The minimum absolute atomic E-state index is 0.111. The third-order valence-corrected chi connectivity index (χ3v) is 4.62. The van der Waals surface area contributed by atoms with Gasteiger partial charge in [0.1, 0.15) is 0 Å². The molecule has 0 radical (unpaired) electrons. The molecule has 0 saturated heterocycles. The van der Waals surface area contributed by atoms with Crippen LogP contribution in [0.5, 0.6) is 0 Å². The molecule has 35 heavy (non-hydrogen) atoms. The van der Waals surface area contributed by atoms with Crippen molar-refractivity contribution in [1.82, 2.24) is 0 Å². The van der Waals surface area contributed by atoms with Crippen molar-refractivity contribution in [3.05, 3.63) is 59.7 Å². The fraction of sp³-hybridized carbons (Fsp3) is 0.385. The first kappa shape index (κ1) is 31.6.